The highest BCUT2D eigenvalue weighted by Crippen LogP contribution is 2.26. The third-order valence-corrected chi connectivity index (χ3v) is 4.74. The molecule has 112 valence electrons. The number of carbonyl (C=O) groups excluding carboxylic acids is 1. The Hall–Kier alpha value is -1.33. The third kappa shape index (κ3) is 5.17. The van der Waals surface area contributed by atoms with E-state index in [0.29, 0.717) is 5.92 Å². The normalized spacial score (nSPS) is 10.8. The summed E-state index contributed by atoms with van der Waals surface area (Å²) in [5, 5.41) is 5.04. The van der Waals surface area contributed by atoms with Crippen molar-refractivity contribution in [2.45, 2.75) is 30.9 Å². The Bertz CT molecular complexity index is 567. The van der Waals surface area contributed by atoms with Crippen molar-refractivity contribution in [2.75, 3.05) is 6.54 Å². The fourth-order valence-corrected chi connectivity index (χ4v) is 3.43. The molecule has 2 aromatic rings. The first kappa shape index (κ1) is 16.0. The Labute approximate surface area is 134 Å². The Morgan fingerprint density at radius 1 is 1.38 bits per heavy atom. The number of thiazole rings is 1. The van der Waals surface area contributed by atoms with Crippen molar-refractivity contribution >= 4 is 29.0 Å². The van der Waals surface area contributed by atoms with Crippen molar-refractivity contribution < 1.29 is 4.79 Å². The summed E-state index contributed by atoms with van der Waals surface area (Å²) in [5.74, 6) is 1.40. The average molecular weight is 320 g/mol. The molecule has 0 aliphatic carbocycles. The van der Waals surface area contributed by atoms with E-state index < -0.39 is 0 Å². The lowest BCUT2D eigenvalue weighted by atomic mass is 10.1. The van der Waals surface area contributed by atoms with Gasteiger partial charge in [0.2, 0.25) is 0 Å². The molecule has 1 N–H and O–H groups in total. The van der Waals surface area contributed by atoms with Crippen LogP contribution in [0.1, 0.15) is 36.3 Å². The Balaban J connectivity index is 1.97. The van der Waals surface area contributed by atoms with Crippen molar-refractivity contribution in [2.24, 2.45) is 5.92 Å². The fraction of sp³-hybridized carbons (Fsp3) is 0.375. The van der Waals surface area contributed by atoms with E-state index in [-0.39, 0.29) is 5.91 Å². The van der Waals surface area contributed by atoms with Gasteiger partial charge in [0.15, 0.2) is 0 Å². The molecule has 0 saturated heterocycles. The zero-order chi connectivity index (χ0) is 15.1. The van der Waals surface area contributed by atoms with E-state index in [1.165, 1.54) is 0 Å². The van der Waals surface area contributed by atoms with Crippen LogP contribution in [0.25, 0.3) is 0 Å². The van der Waals surface area contributed by atoms with Gasteiger partial charge in [0.25, 0.3) is 5.91 Å². The highest BCUT2D eigenvalue weighted by Gasteiger charge is 2.11. The highest BCUT2D eigenvalue weighted by molar-refractivity contribution is 7.98. The maximum absolute atomic E-state index is 12.3. The molecule has 0 radical (unpaired) electrons. The maximum Gasteiger partial charge on any atom is 0.252 e. The van der Waals surface area contributed by atoms with Crippen LogP contribution >= 0.6 is 23.1 Å². The number of carbonyl (C=O) groups is 1. The van der Waals surface area contributed by atoms with Gasteiger partial charge in [-0.05, 0) is 24.5 Å². The monoisotopic (exact) mass is 320 g/mol. The molecule has 1 amide bonds. The van der Waals surface area contributed by atoms with Gasteiger partial charge in [-0.1, -0.05) is 26.0 Å². The molecule has 5 heteroatoms. The van der Waals surface area contributed by atoms with E-state index in [0.717, 1.165) is 34.9 Å². The van der Waals surface area contributed by atoms with Gasteiger partial charge in [-0.2, -0.15) is 0 Å². The second-order valence-corrected chi connectivity index (χ2v) is 6.94. The summed E-state index contributed by atoms with van der Waals surface area (Å²) in [7, 11) is 0. The summed E-state index contributed by atoms with van der Waals surface area (Å²) < 4.78 is 0. The number of nitrogens with one attached hydrogen (secondary N) is 1. The van der Waals surface area contributed by atoms with Gasteiger partial charge in [-0.3, -0.25) is 4.79 Å². The Morgan fingerprint density at radius 3 is 2.90 bits per heavy atom. The van der Waals surface area contributed by atoms with Gasteiger partial charge in [0.1, 0.15) is 0 Å². The highest BCUT2D eigenvalue weighted by atomic mass is 32.2. The number of rotatable bonds is 7. The number of hydrogen-bond acceptors (Lipinski definition) is 4. The lowest BCUT2D eigenvalue weighted by Gasteiger charge is -2.10. The Kier molecular flexibility index (Phi) is 6.26. The first-order chi connectivity index (χ1) is 10.2. The minimum Gasteiger partial charge on any atom is -0.352 e. The number of amides is 1. The first-order valence-corrected chi connectivity index (χ1v) is 8.96. The molecule has 0 bridgehead atoms. The third-order valence-electron chi connectivity index (χ3n) is 3.00. The molecular weight excluding hydrogens is 300 g/mol. The second-order valence-electron chi connectivity index (χ2n) is 5.20. The molecule has 0 fully saturated rings. The SMILES string of the molecule is CC(C)CCNC(=O)c1ccccc1SCc1cscn1. The predicted octanol–water partition coefficient (Wildman–Crippen LogP) is 4.21. The van der Waals surface area contributed by atoms with Crippen molar-refractivity contribution in [3.63, 3.8) is 0 Å². The molecule has 2 rings (SSSR count). The topological polar surface area (TPSA) is 42.0 Å². The number of nitrogens with zero attached hydrogens (tertiary/aromatic N) is 1. The molecule has 0 atom stereocenters. The lowest BCUT2D eigenvalue weighted by molar-refractivity contribution is 0.0949. The Morgan fingerprint density at radius 2 is 2.19 bits per heavy atom. The molecule has 1 aromatic heterocycles. The van der Waals surface area contributed by atoms with Crippen molar-refractivity contribution in [3.05, 3.63) is 46.4 Å². The van der Waals surface area contributed by atoms with Crippen LogP contribution < -0.4 is 5.32 Å². The minimum atomic E-state index is 0.0111. The van der Waals surface area contributed by atoms with Crippen LogP contribution in [0.5, 0.6) is 0 Å². The van der Waals surface area contributed by atoms with Crippen molar-refractivity contribution in [1.29, 1.82) is 0 Å². The average Bonchev–Trinajstić information content (AvgIpc) is 2.98. The summed E-state index contributed by atoms with van der Waals surface area (Å²) in [4.78, 5) is 17.5. The van der Waals surface area contributed by atoms with Crippen molar-refractivity contribution in [3.8, 4) is 0 Å². The minimum absolute atomic E-state index is 0.0111. The molecule has 21 heavy (non-hydrogen) atoms. The molecule has 1 heterocycles. The van der Waals surface area contributed by atoms with E-state index in [1.807, 2.05) is 35.2 Å². The van der Waals surface area contributed by atoms with E-state index in [9.17, 15) is 4.79 Å². The zero-order valence-corrected chi connectivity index (χ0v) is 14.0. The van der Waals surface area contributed by atoms with Gasteiger partial charge in [-0.25, -0.2) is 4.98 Å². The standard InChI is InChI=1S/C16H20N2OS2/c1-12(2)7-8-17-16(19)14-5-3-4-6-15(14)21-10-13-9-20-11-18-13/h3-6,9,11-12H,7-8,10H2,1-2H3,(H,17,19). The predicted molar refractivity (Wildman–Crippen MR) is 89.9 cm³/mol. The van der Waals surface area contributed by atoms with E-state index in [1.54, 1.807) is 23.1 Å². The summed E-state index contributed by atoms with van der Waals surface area (Å²) >= 11 is 3.25. The van der Waals surface area contributed by atoms with Crippen LogP contribution in [0.4, 0.5) is 0 Å². The van der Waals surface area contributed by atoms with E-state index in [2.05, 4.69) is 24.1 Å². The van der Waals surface area contributed by atoms with Crippen LogP contribution in [0, 0.1) is 5.92 Å². The maximum atomic E-state index is 12.3. The van der Waals surface area contributed by atoms with E-state index >= 15 is 0 Å². The van der Waals surface area contributed by atoms with Crippen LogP contribution in [-0.2, 0) is 5.75 Å². The summed E-state index contributed by atoms with van der Waals surface area (Å²) in [5.41, 5.74) is 3.64. The van der Waals surface area contributed by atoms with Gasteiger partial charge >= 0.3 is 0 Å². The molecular formula is C16H20N2OS2. The largest absolute Gasteiger partial charge is 0.352 e. The van der Waals surface area contributed by atoms with Gasteiger partial charge in [0.05, 0.1) is 16.8 Å². The van der Waals surface area contributed by atoms with Crippen LogP contribution in [0.3, 0.4) is 0 Å². The van der Waals surface area contributed by atoms with Gasteiger partial charge in [0, 0.05) is 22.6 Å². The van der Waals surface area contributed by atoms with E-state index in [4.69, 9.17) is 0 Å². The van der Waals surface area contributed by atoms with Gasteiger partial charge in [-0.15, -0.1) is 23.1 Å². The first-order valence-electron chi connectivity index (χ1n) is 7.04. The zero-order valence-electron chi connectivity index (χ0n) is 12.3. The smallest absolute Gasteiger partial charge is 0.252 e. The van der Waals surface area contributed by atoms with Crippen LogP contribution in [0.2, 0.25) is 0 Å². The number of thioether (sulfide) groups is 1. The molecule has 0 spiro atoms. The summed E-state index contributed by atoms with van der Waals surface area (Å²) in [6.45, 7) is 5.04. The van der Waals surface area contributed by atoms with Crippen molar-refractivity contribution in [1.82, 2.24) is 10.3 Å². The number of hydrogen-bond donors (Lipinski definition) is 1. The fourth-order valence-electron chi connectivity index (χ4n) is 1.81. The molecule has 0 aliphatic rings. The second kappa shape index (κ2) is 8.20. The quantitative estimate of drug-likeness (QED) is 0.777. The molecule has 0 saturated carbocycles. The molecule has 3 nitrogen and oxygen atoms in total. The molecule has 1 aromatic carbocycles. The van der Waals surface area contributed by atoms with Gasteiger partial charge < -0.3 is 5.32 Å². The van der Waals surface area contributed by atoms with Crippen LogP contribution in [-0.4, -0.2) is 17.4 Å². The molecule has 0 unspecified atom stereocenters. The summed E-state index contributed by atoms with van der Waals surface area (Å²) in [6.07, 6.45) is 1.000. The molecule has 0 aliphatic heterocycles. The number of benzene rings is 1. The van der Waals surface area contributed by atoms with Crippen LogP contribution in [0.15, 0.2) is 40.1 Å². The number of aromatic nitrogens is 1. The summed E-state index contributed by atoms with van der Waals surface area (Å²) in [6, 6.07) is 7.75. The lowest BCUT2D eigenvalue weighted by Crippen LogP contribution is -2.25.